The second kappa shape index (κ2) is 10.4. The van der Waals surface area contributed by atoms with E-state index in [1.54, 1.807) is 0 Å². The molecule has 0 heterocycles. The number of carbonyl (C=O) groups is 3. The number of Topliss-reactive ketones (excluding diaryl/α,β-unsaturated/α-hetero) is 1. The minimum atomic E-state index is -0.648. The summed E-state index contributed by atoms with van der Waals surface area (Å²) in [6.45, 7) is 15.8. The van der Waals surface area contributed by atoms with Crippen molar-refractivity contribution in [3.63, 3.8) is 0 Å². The molecule has 0 spiro atoms. The average molecular weight is 601 g/mol. The van der Waals surface area contributed by atoms with Gasteiger partial charge in [-0.15, -0.1) is 0 Å². The van der Waals surface area contributed by atoms with Gasteiger partial charge in [0.15, 0.2) is 11.6 Å². The molecule has 6 aliphatic rings. The zero-order valence-electron chi connectivity index (χ0n) is 28.5. The molecule has 5 nitrogen and oxygen atoms in total. The van der Waals surface area contributed by atoms with E-state index in [0.717, 1.165) is 69.8 Å². The molecule has 1 amide bonds. The van der Waals surface area contributed by atoms with Crippen LogP contribution in [0, 0.1) is 61.6 Å². The van der Waals surface area contributed by atoms with Crippen LogP contribution in [0.25, 0.3) is 0 Å². The zero-order valence-corrected chi connectivity index (χ0v) is 28.5. The van der Waals surface area contributed by atoms with Crippen LogP contribution >= 0.6 is 0 Å². The van der Waals surface area contributed by atoms with Crippen LogP contribution in [0.3, 0.4) is 0 Å². The van der Waals surface area contributed by atoms with Gasteiger partial charge in [0, 0.05) is 29.2 Å². The number of rotatable bonds is 4. The van der Waals surface area contributed by atoms with E-state index in [9.17, 15) is 19.6 Å². The van der Waals surface area contributed by atoms with Gasteiger partial charge in [-0.05, 0) is 104 Å². The van der Waals surface area contributed by atoms with E-state index in [-0.39, 0.29) is 62.5 Å². The number of fused-ring (bicyclic) bond motifs is 7. The summed E-state index contributed by atoms with van der Waals surface area (Å²) in [5.41, 5.74) is 0.0479. The lowest BCUT2D eigenvalue weighted by Gasteiger charge is -2.69. The molecule has 0 aromatic rings. The molecular weight excluding hydrogens is 544 g/mol. The number of allylic oxidation sites excluding steroid dienone is 4. The maximum absolute atomic E-state index is 14.7. The Hall–Kier alpha value is -2.22. The van der Waals surface area contributed by atoms with Gasteiger partial charge in [0.25, 0.3) is 0 Å². The number of ketones is 2. The van der Waals surface area contributed by atoms with Crippen molar-refractivity contribution in [3.05, 3.63) is 23.3 Å². The molecule has 44 heavy (non-hydrogen) atoms. The van der Waals surface area contributed by atoms with E-state index in [1.807, 2.05) is 26.0 Å². The summed E-state index contributed by atoms with van der Waals surface area (Å²) in [6.07, 6.45) is 18.5. The molecule has 2 unspecified atom stereocenters. The third kappa shape index (κ3) is 4.54. The Bertz CT molecular complexity index is 1360. The molecule has 240 valence electrons. The summed E-state index contributed by atoms with van der Waals surface area (Å²) in [5, 5.41) is 13.3. The van der Waals surface area contributed by atoms with Crippen molar-refractivity contribution in [1.29, 1.82) is 5.26 Å². The number of carbonyl (C=O) groups excluding carboxylic acids is 3. The minimum Gasteiger partial charge on any atom is -0.353 e. The van der Waals surface area contributed by atoms with Gasteiger partial charge in [-0.2, -0.15) is 5.26 Å². The van der Waals surface area contributed by atoms with E-state index in [1.165, 1.54) is 19.3 Å². The summed E-state index contributed by atoms with van der Waals surface area (Å²) in [6, 6.07) is 2.55. The number of hydrogen-bond acceptors (Lipinski definition) is 4. The van der Waals surface area contributed by atoms with E-state index in [0.29, 0.717) is 12.5 Å². The van der Waals surface area contributed by atoms with Crippen molar-refractivity contribution in [2.45, 2.75) is 144 Å². The van der Waals surface area contributed by atoms with Crippen LogP contribution in [0.4, 0.5) is 0 Å². The normalized spacial score (nSPS) is 42.8. The molecule has 0 aromatic carbocycles. The van der Waals surface area contributed by atoms with Crippen LogP contribution < -0.4 is 5.32 Å². The van der Waals surface area contributed by atoms with Gasteiger partial charge >= 0.3 is 0 Å². The van der Waals surface area contributed by atoms with Crippen molar-refractivity contribution in [2.24, 2.45) is 50.2 Å². The lowest BCUT2D eigenvalue weighted by molar-refractivity contribution is -0.173. The van der Waals surface area contributed by atoms with Gasteiger partial charge in [0.1, 0.15) is 6.07 Å². The van der Waals surface area contributed by atoms with Crippen LogP contribution in [0.15, 0.2) is 23.3 Å². The van der Waals surface area contributed by atoms with Crippen LogP contribution in [0.5, 0.6) is 0 Å². The van der Waals surface area contributed by atoms with Crippen molar-refractivity contribution >= 4 is 17.5 Å². The zero-order chi connectivity index (χ0) is 31.9. The molecule has 6 aliphatic carbocycles. The second-order valence-corrected chi connectivity index (χ2v) is 18.0. The van der Waals surface area contributed by atoms with Gasteiger partial charge in [-0.3, -0.25) is 14.4 Å². The Morgan fingerprint density at radius 1 is 0.932 bits per heavy atom. The molecule has 0 aromatic heterocycles. The maximum Gasteiger partial charge on any atom is 0.220 e. The molecule has 7 atom stereocenters. The first-order valence-electron chi connectivity index (χ1n) is 17.8. The highest BCUT2D eigenvalue weighted by Gasteiger charge is 2.69. The first kappa shape index (κ1) is 31.7. The highest BCUT2D eigenvalue weighted by atomic mass is 16.2. The van der Waals surface area contributed by atoms with Crippen molar-refractivity contribution in [1.82, 2.24) is 5.32 Å². The average Bonchev–Trinajstić information content (AvgIpc) is 2.96. The van der Waals surface area contributed by atoms with Gasteiger partial charge < -0.3 is 5.32 Å². The molecule has 4 saturated carbocycles. The molecular formula is C39H56N2O3. The van der Waals surface area contributed by atoms with Gasteiger partial charge in [-0.1, -0.05) is 79.4 Å². The lowest BCUT2D eigenvalue weighted by atomic mass is 9.34. The Balaban J connectivity index is 1.36. The van der Waals surface area contributed by atoms with Crippen LogP contribution in [0.1, 0.15) is 138 Å². The third-order valence-electron chi connectivity index (χ3n) is 14.9. The number of nitrogens with one attached hydrogen (secondary N) is 1. The second-order valence-electron chi connectivity index (χ2n) is 18.0. The summed E-state index contributed by atoms with van der Waals surface area (Å²) >= 11 is 0. The molecule has 6 rings (SSSR count). The van der Waals surface area contributed by atoms with Crippen molar-refractivity contribution in [3.8, 4) is 6.07 Å². The first-order chi connectivity index (χ1) is 20.5. The smallest absolute Gasteiger partial charge is 0.220 e. The number of amides is 1. The lowest BCUT2D eigenvalue weighted by Crippen LogP contribution is -2.64. The predicted octanol–water partition coefficient (Wildman–Crippen LogP) is 8.44. The molecule has 0 radical (unpaired) electrons. The maximum atomic E-state index is 14.7. The Kier molecular flexibility index (Phi) is 7.50. The third-order valence-corrected chi connectivity index (χ3v) is 14.9. The fourth-order valence-corrected chi connectivity index (χ4v) is 12.1. The fourth-order valence-electron chi connectivity index (χ4n) is 12.1. The van der Waals surface area contributed by atoms with E-state index < -0.39 is 10.8 Å². The molecule has 5 heteroatoms. The topological polar surface area (TPSA) is 87.0 Å². The van der Waals surface area contributed by atoms with E-state index in [2.05, 4.69) is 46.0 Å². The van der Waals surface area contributed by atoms with Crippen molar-refractivity contribution < 1.29 is 14.4 Å². The van der Waals surface area contributed by atoms with Crippen LogP contribution in [0.2, 0.25) is 0 Å². The van der Waals surface area contributed by atoms with E-state index in [4.69, 9.17) is 0 Å². The summed E-state index contributed by atoms with van der Waals surface area (Å²) in [4.78, 5) is 41.3. The van der Waals surface area contributed by atoms with Crippen LogP contribution in [-0.2, 0) is 14.4 Å². The monoisotopic (exact) mass is 600 g/mol. The summed E-state index contributed by atoms with van der Waals surface area (Å²) in [5.74, 6) is 0.650. The first-order valence-corrected chi connectivity index (χ1v) is 17.8. The molecule has 1 N–H and O–H groups in total. The number of hydrogen-bond donors (Lipinski definition) is 1. The Morgan fingerprint density at radius 3 is 2.30 bits per heavy atom. The molecule has 0 saturated heterocycles. The largest absolute Gasteiger partial charge is 0.353 e. The highest BCUT2D eigenvalue weighted by molar-refractivity contribution is 6.04. The molecule has 0 bridgehead atoms. The van der Waals surface area contributed by atoms with Gasteiger partial charge in [0.2, 0.25) is 5.91 Å². The summed E-state index contributed by atoms with van der Waals surface area (Å²) < 4.78 is 0. The quantitative estimate of drug-likeness (QED) is 0.351. The predicted molar refractivity (Wildman–Crippen MR) is 173 cm³/mol. The Morgan fingerprint density at radius 2 is 1.61 bits per heavy atom. The number of nitriles is 1. The molecule has 0 aliphatic heterocycles. The Labute approximate surface area is 266 Å². The number of nitrogens with zero attached hydrogens (tertiary/aromatic N) is 1. The highest BCUT2D eigenvalue weighted by Crippen LogP contribution is 2.75. The van der Waals surface area contributed by atoms with E-state index >= 15 is 0 Å². The van der Waals surface area contributed by atoms with Crippen molar-refractivity contribution in [2.75, 3.05) is 0 Å². The van der Waals surface area contributed by atoms with Gasteiger partial charge in [-0.25, -0.2) is 0 Å². The molecule has 4 fully saturated rings. The fraction of sp³-hybridized carbons (Fsp3) is 0.795. The standard InChI is InChI=1S/C39H56N2O3/c1-34(2)17-19-39(16-14-31(43)41-26-11-9-8-10-12-26)20-18-38(7)32(27(39)23-34)28(42)21-30-36(5)22-25(24-40)33(44)35(3,4)29(36)13-15-37(30,38)6/h21-22,26-27,29,32H,8-20,23H2,1-7H3,(H,41,43)/t27?,29-,32?,36-,37+,38+,39+/m0/s1. The SMILES string of the molecule is CC1(C)CC[C@]2(CCC(=O)NC3CCCCC3)CC[C@]3(C)C(C(=O)C=C4[C@@]5(C)C=C(C#N)C(=O)C(C)(C)[C@@H]5CC[C@]43C)C2C1. The van der Waals surface area contributed by atoms with Gasteiger partial charge in [0.05, 0.1) is 5.57 Å². The van der Waals surface area contributed by atoms with Crippen LogP contribution in [-0.4, -0.2) is 23.5 Å². The summed E-state index contributed by atoms with van der Waals surface area (Å²) in [7, 11) is 0. The minimum absolute atomic E-state index is 0.0230.